The standard InChI is InChI=1S/C16H18FN2.C6H5NO2.Ir/c1-10(2)14-9-18-16(15(19-14)11(3)4)12-5-7-13(17)8-6-12;8-6(9)5-3-1-2-4-7-5;/h5,7-11H,1-4H3;1-4H,(H,8,9);/q-1;;. The summed E-state index contributed by atoms with van der Waals surface area (Å²) < 4.78 is 13.0. The molecule has 3 rings (SSSR count). The number of nitrogens with zero attached hydrogens (tertiary/aromatic N) is 3. The van der Waals surface area contributed by atoms with Crippen LogP contribution in [0.5, 0.6) is 0 Å². The topological polar surface area (TPSA) is 76.0 Å². The maximum Gasteiger partial charge on any atom is 0.354 e. The largest absolute Gasteiger partial charge is 0.477 e. The van der Waals surface area contributed by atoms with Crippen molar-refractivity contribution in [3.63, 3.8) is 0 Å². The zero-order valence-electron chi connectivity index (χ0n) is 16.7. The van der Waals surface area contributed by atoms with E-state index in [1.54, 1.807) is 24.4 Å². The minimum Gasteiger partial charge on any atom is -0.477 e. The van der Waals surface area contributed by atoms with Gasteiger partial charge in [0.25, 0.3) is 0 Å². The van der Waals surface area contributed by atoms with Crippen LogP contribution in [0.1, 0.15) is 61.4 Å². The van der Waals surface area contributed by atoms with Crippen molar-refractivity contribution in [2.45, 2.75) is 39.5 Å². The second-order valence-corrected chi connectivity index (χ2v) is 6.78. The minimum atomic E-state index is -0.990. The van der Waals surface area contributed by atoms with Crippen molar-refractivity contribution in [3.05, 3.63) is 77.8 Å². The number of benzene rings is 1. The smallest absolute Gasteiger partial charge is 0.354 e. The van der Waals surface area contributed by atoms with Crippen molar-refractivity contribution in [3.8, 4) is 11.3 Å². The van der Waals surface area contributed by atoms with Gasteiger partial charge in [0.05, 0.1) is 5.69 Å². The molecule has 0 spiro atoms. The fourth-order valence-corrected chi connectivity index (χ4v) is 2.35. The zero-order chi connectivity index (χ0) is 20.7. The van der Waals surface area contributed by atoms with E-state index in [0.29, 0.717) is 5.92 Å². The fraction of sp³-hybridized carbons (Fsp3) is 0.273. The van der Waals surface area contributed by atoms with E-state index in [-0.39, 0.29) is 37.5 Å². The summed E-state index contributed by atoms with van der Waals surface area (Å²) in [5.74, 6) is -0.673. The van der Waals surface area contributed by atoms with Gasteiger partial charge in [-0.05, 0) is 24.0 Å². The van der Waals surface area contributed by atoms with Gasteiger partial charge in [-0.1, -0.05) is 33.8 Å². The van der Waals surface area contributed by atoms with Crippen molar-refractivity contribution < 1.29 is 34.4 Å². The number of rotatable bonds is 4. The predicted molar refractivity (Wildman–Crippen MR) is 106 cm³/mol. The van der Waals surface area contributed by atoms with Crippen LogP contribution >= 0.6 is 0 Å². The third kappa shape index (κ3) is 7.11. The van der Waals surface area contributed by atoms with E-state index in [0.717, 1.165) is 22.6 Å². The van der Waals surface area contributed by atoms with Gasteiger partial charge in [-0.15, -0.1) is 29.8 Å². The molecule has 0 bridgehead atoms. The molecule has 7 heteroatoms. The predicted octanol–water partition coefficient (Wildman–Crippen LogP) is 5.11. The fourth-order valence-electron chi connectivity index (χ4n) is 2.35. The van der Waals surface area contributed by atoms with Crippen molar-refractivity contribution in [2.75, 3.05) is 0 Å². The van der Waals surface area contributed by atoms with Crippen LogP contribution in [0, 0.1) is 11.9 Å². The minimum absolute atomic E-state index is 0. The molecule has 1 N–H and O–H groups in total. The molecular weight excluding hydrogens is 549 g/mol. The first-order chi connectivity index (χ1) is 13.3. The van der Waals surface area contributed by atoms with Gasteiger partial charge in [0.2, 0.25) is 0 Å². The Labute approximate surface area is 183 Å². The first kappa shape index (κ1) is 24.5. The van der Waals surface area contributed by atoms with Crippen LogP contribution in [0.3, 0.4) is 0 Å². The maximum atomic E-state index is 13.0. The van der Waals surface area contributed by atoms with Gasteiger partial charge >= 0.3 is 5.97 Å². The number of hydrogen-bond acceptors (Lipinski definition) is 4. The van der Waals surface area contributed by atoms with E-state index in [2.05, 4.69) is 43.7 Å². The number of pyridine rings is 1. The van der Waals surface area contributed by atoms with Gasteiger partial charge in [-0.3, -0.25) is 9.37 Å². The van der Waals surface area contributed by atoms with Crippen LogP contribution in [0.25, 0.3) is 11.3 Å². The molecule has 0 aliphatic carbocycles. The SMILES string of the molecule is CC(C)c1cnc(-c2[c-]cc(F)cc2)c(C(C)C)n1.O=C(O)c1ccccn1.[Ir]. The summed E-state index contributed by atoms with van der Waals surface area (Å²) in [6.07, 6.45) is 3.24. The number of hydrogen-bond donors (Lipinski definition) is 1. The van der Waals surface area contributed by atoms with E-state index >= 15 is 0 Å². The molecular formula is C22H23FIrN3O2-. The van der Waals surface area contributed by atoms with Crippen molar-refractivity contribution in [1.82, 2.24) is 15.0 Å². The molecule has 0 saturated heterocycles. The quantitative estimate of drug-likeness (QED) is 0.440. The number of aromatic carboxylic acids is 1. The second-order valence-electron chi connectivity index (χ2n) is 6.78. The van der Waals surface area contributed by atoms with Crippen LogP contribution in [0.4, 0.5) is 4.39 Å². The monoisotopic (exact) mass is 573 g/mol. The third-order valence-electron chi connectivity index (χ3n) is 3.87. The van der Waals surface area contributed by atoms with Crippen LogP contribution in [0.15, 0.2) is 48.8 Å². The molecule has 1 radical (unpaired) electrons. The van der Waals surface area contributed by atoms with Crippen molar-refractivity contribution in [1.29, 1.82) is 0 Å². The van der Waals surface area contributed by atoms with Gasteiger partial charge in [-0.25, -0.2) is 9.78 Å². The van der Waals surface area contributed by atoms with Gasteiger partial charge in [0, 0.05) is 49.7 Å². The zero-order valence-corrected chi connectivity index (χ0v) is 19.1. The number of carboxylic acids is 1. The van der Waals surface area contributed by atoms with E-state index in [1.165, 1.54) is 24.4 Å². The Morgan fingerprint density at radius 3 is 2.24 bits per heavy atom. The normalized spacial score (nSPS) is 10.2. The van der Waals surface area contributed by atoms with Gasteiger partial charge in [0.1, 0.15) is 5.69 Å². The molecule has 2 heterocycles. The van der Waals surface area contributed by atoms with E-state index in [4.69, 9.17) is 10.1 Å². The second kappa shape index (κ2) is 11.5. The Hall–Kier alpha value is -2.50. The number of carbonyl (C=O) groups is 1. The summed E-state index contributed by atoms with van der Waals surface area (Å²) in [4.78, 5) is 22.9. The first-order valence-electron chi connectivity index (χ1n) is 8.98. The van der Waals surface area contributed by atoms with E-state index in [1.807, 2.05) is 0 Å². The number of halogens is 1. The molecule has 3 aromatic rings. The van der Waals surface area contributed by atoms with Crippen LogP contribution < -0.4 is 0 Å². The van der Waals surface area contributed by atoms with Gasteiger partial charge in [0.15, 0.2) is 0 Å². The molecule has 0 atom stereocenters. The summed E-state index contributed by atoms with van der Waals surface area (Å²) in [6, 6.07) is 12.1. The molecule has 0 fully saturated rings. The number of carboxylic acid groups (broad SMARTS) is 1. The molecule has 5 nitrogen and oxygen atoms in total. The van der Waals surface area contributed by atoms with Crippen LogP contribution in [-0.2, 0) is 20.1 Å². The van der Waals surface area contributed by atoms with Crippen LogP contribution in [-0.4, -0.2) is 26.0 Å². The summed E-state index contributed by atoms with van der Waals surface area (Å²) in [6.45, 7) is 8.36. The van der Waals surface area contributed by atoms with Crippen molar-refractivity contribution in [2.24, 2.45) is 0 Å². The van der Waals surface area contributed by atoms with E-state index in [9.17, 15) is 9.18 Å². The Bertz CT molecular complexity index is 917. The Morgan fingerprint density at radius 1 is 1.07 bits per heavy atom. The Morgan fingerprint density at radius 2 is 1.79 bits per heavy atom. The van der Waals surface area contributed by atoms with Gasteiger partial charge < -0.3 is 10.1 Å². The molecule has 2 aromatic heterocycles. The molecule has 0 unspecified atom stereocenters. The number of aromatic nitrogens is 3. The van der Waals surface area contributed by atoms with Crippen LogP contribution in [0.2, 0.25) is 0 Å². The Kier molecular flexibility index (Phi) is 9.72. The van der Waals surface area contributed by atoms with E-state index < -0.39 is 5.97 Å². The first-order valence-corrected chi connectivity index (χ1v) is 8.98. The molecule has 155 valence electrons. The molecule has 0 amide bonds. The maximum absolute atomic E-state index is 13.0. The summed E-state index contributed by atoms with van der Waals surface area (Å²) in [5.41, 5.74) is 3.58. The average molecular weight is 573 g/mol. The van der Waals surface area contributed by atoms with Crippen molar-refractivity contribution >= 4 is 5.97 Å². The summed E-state index contributed by atoms with van der Waals surface area (Å²) >= 11 is 0. The molecule has 0 aliphatic heterocycles. The summed E-state index contributed by atoms with van der Waals surface area (Å²) in [7, 11) is 0. The average Bonchev–Trinajstić information content (AvgIpc) is 2.69. The summed E-state index contributed by atoms with van der Waals surface area (Å²) in [5, 5.41) is 8.32. The third-order valence-corrected chi connectivity index (χ3v) is 3.87. The molecule has 1 aromatic carbocycles. The Balaban J connectivity index is 0.000000355. The molecule has 0 aliphatic rings. The molecule has 29 heavy (non-hydrogen) atoms. The van der Waals surface area contributed by atoms with Gasteiger partial charge in [-0.2, -0.15) is 0 Å². The molecule has 0 saturated carbocycles.